The lowest BCUT2D eigenvalue weighted by Crippen LogP contribution is -2.32. The number of hydroxylamine groups is 2. The maximum Gasteiger partial charge on any atom is 0.335 e. The molecular weight excluding hydrogens is 680 g/mol. The fourth-order valence-electron chi connectivity index (χ4n) is 3.57. The van der Waals surface area contributed by atoms with Crippen LogP contribution in [0.15, 0.2) is 0 Å². The van der Waals surface area contributed by atoms with E-state index in [2.05, 4.69) is 0 Å². The first kappa shape index (κ1) is 49.1. The number of imide groups is 1. The largest absolute Gasteiger partial charge is 0.378 e. The van der Waals surface area contributed by atoms with E-state index in [1.165, 1.54) is 0 Å². The molecular formula is C33H64N2O16. The van der Waals surface area contributed by atoms with E-state index >= 15 is 0 Å². The van der Waals surface area contributed by atoms with Gasteiger partial charge in [0.05, 0.1) is 165 Å². The van der Waals surface area contributed by atoms with E-state index < -0.39 is 17.8 Å². The Morgan fingerprint density at radius 2 is 0.647 bits per heavy atom. The van der Waals surface area contributed by atoms with Gasteiger partial charge in [0.2, 0.25) is 0 Å². The Morgan fingerprint density at radius 1 is 0.431 bits per heavy atom. The van der Waals surface area contributed by atoms with Crippen LogP contribution < -0.4 is 5.73 Å². The minimum atomic E-state index is -0.700. The lowest BCUT2D eigenvalue weighted by molar-refractivity contribution is -0.198. The van der Waals surface area contributed by atoms with Crippen LogP contribution in [0.4, 0.5) is 0 Å². The van der Waals surface area contributed by atoms with Gasteiger partial charge in [-0.3, -0.25) is 9.59 Å². The molecule has 0 spiro atoms. The van der Waals surface area contributed by atoms with Gasteiger partial charge in [0.1, 0.15) is 0 Å². The summed E-state index contributed by atoms with van der Waals surface area (Å²) in [5, 5.41) is 0.518. The third-order valence-electron chi connectivity index (χ3n) is 6.00. The van der Waals surface area contributed by atoms with E-state index in [-0.39, 0.29) is 32.5 Å². The topological polar surface area (TPSA) is 200 Å². The summed E-state index contributed by atoms with van der Waals surface area (Å²) in [7, 11) is 0. The summed E-state index contributed by atoms with van der Waals surface area (Å²) >= 11 is 0. The summed E-state index contributed by atoms with van der Waals surface area (Å²) < 4.78 is 64.8. The molecule has 0 aromatic carbocycles. The van der Waals surface area contributed by atoms with Crippen molar-refractivity contribution < 1.29 is 76.1 Å². The van der Waals surface area contributed by atoms with E-state index in [0.29, 0.717) is 157 Å². The Labute approximate surface area is 302 Å². The molecule has 18 nitrogen and oxygen atoms in total. The number of rotatable bonds is 39. The lowest BCUT2D eigenvalue weighted by atomic mass is 10.4. The maximum absolute atomic E-state index is 11.6. The smallest absolute Gasteiger partial charge is 0.335 e. The van der Waals surface area contributed by atoms with Crippen LogP contribution in [0.3, 0.4) is 0 Å². The standard InChI is InChI=1S/C31H58N2O16.C2H6/c32-4-6-38-8-10-40-12-14-42-16-18-44-20-22-46-24-26-48-28-27-47-25-23-45-21-19-43-17-15-41-13-11-39-9-7-37-5-3-31(36)49-33-29(34)1-2-30(33)35;1-2/h1-28,32H2;1-2H3. The average Bonchev–Trinajstić information content (AvgIpc) is 3.45. The monoisotopic (exact) mass is 744 g/mol. The molecule has 51 heavy (non-hydrogen) atoms. The van der Waals surface area contributed by atoms with Crippen molar-refractivity contribution in [2.45, 2.75) is 33.1 Å². The Morgan fingerprint density at radius 3 is 0.882 bits per heavy atom. The number of nitrogens with two attached hydrogens (primary N) is 1. The molecule has 0 atom stereocenters. The molecule has 18 heteroatoms. The van der Waals surface area contributed by atoms with Gasteiger partial charge < -0.3 is 67.4 Å². The van der Waals surface area contributed by atoms with E-state index in [0.717, 1.165) is 0 Å². The van der Waals surface area contributed by atoms with Crippen LogP contribution in [0.25, 0.3) is 0 Å². The van der Waals surface area contributed by atoms with Crippen LogP contribution in [0.1, 0.15) is 33.1 Å². The van der Waals surface area contributed by atoms with Crippen molar-refractivity contribution in [3.63, 3.8) is 0 Å². The first-order valence-electron chi connectivity index (χ1n) is 17.8. The van der Waals surface area contributed by atoms with Crippen LogP contribution in [0, 0.1) is 0 Å². The fourth-order valence-corrected chi connectivity index (χ4v) is 3.57. The lowest BCUT2D eigenvalue weighted by Gasteiger charge is -2.12. The predicted octanol–water partition coefficient (Wildman–Crippen LogP) is 0.168. The quantitative estimate of drug-likeness (QED) is 0.0659. The molecule has 1 saturated heterocycles. The summed E-state index contributed by atoms with van der Waals surface area (Å²) in [5.74, 6) is -1.72. The SMILES string of the molecule is CC.NCCOCCOCCOCCOCCOCCOCCOCCOCCOCCOCCOCCOCCC(=O)ON1C(=O)CCC1=O. The summed E-state index contributed by atoms with van der Waals surface area (Å²) in [6.07, 6.45) is 0.0424. The molecule has 0 saturated carbocycles. The predicted molar refractivity (Wildman–Crippen MR) is 182 cm³/mol. The van der Waals surface area contributed by atoms with Crippen LogP contribution in [0.2, 0.25) is 0 Å². The van der Waals surface area contributed by atoms with Crippen molar-refractivity contribution in [2.24, 2.45) is 5.73 Å². The molecule has 1 rings (SSSR count). The van der Waals surface area contributed by atoms with Crippen molar-refractivity contribution in [1.29, 1.82) is 0 Å². The molecule has 0 aromatic rings. The van der Waals surface area contributed by atoms with E-state index in [4.69, 9.17) is 67.4 Å². The second-order valence-electron chi connectivity index (χ2n) is 9.93. The molecule has 2 N–H and O–H groups in total. The third-order valence-corrected chi connectivity index (χ3v) is 6.00. The van der Waals surface area contributed by atoms with Crippen LogP contribution in [-0.2, 0) is 76.1 Å². The van der Waals surface area contributed by atoms with Crippen LogP contribution in [0.5, 0.6) is 0 Å². The second kappa shape index (κ2) is 40.9. The highest BCUT2D eigenvalue weighted by molar-refractivity contribution is 6.01. The maximum atomic E-state index is 11.6. The molecule has 0 aliphatic carbocycles. The van der Waals surface area contributed by atoms with Gasteiger partial charge in [-0.15, -0.1) is 5.06 Å². The van der Waals surface area contributed by atoms with Gasteiger partial charge in [0.15, 0.2) is 0 Å². The van der Waals surface area contributed by atoms with Crippen molar-refractivity contribution in [3.05, 3.63) is 0 Å². The highest BCUT2D eigenvalue weighted by Crippen LogP contribution is 2.12. The van der Waals surface area contributed by atoms with Crippen LogP contribution >= 0.6 is 0 Å². The third kappa shape index (κ3) is 34.9. The zero-order valence-corrected chi connectivity index (χ0v) is 30.9. The molecule has 0 unspecified atom stereocenters. The van der Waals surface area contributed by atoms with Crippen molar-refractivity contribution in [1.82, 2.24) is 5.06 Å². The summed E-state index contributed by atoms with van der Waals surface area (Å²) in [5.41, 5.74) is 5.33. The Hall–Kier alpha value is -1.91. The first-order chi connectivity index (χ1) is 25.1. The van der Waals surface area contributed by atoms with Gasteiger partial charge in [0.25, 0.3) is 11.8 Å². The van der Waals surface area contributed by atoms with Gasteiger partial charge in [-0.25, -0.2) is 4.79 Å². The summed E-state index contributed by atoms with van der Waals surface area (Å²) in [6, 6.07) is 0. The van der Waals surface area contributed by atoms with Crippen molar-refractivity contribution in [2.75, 3.05) is 165 Å². The highest BCUT2D eigenvalue weighted by atomic mass is 16.7. The highest BCUT2D eigenvalue weighted by Gasteiger charge is 2.32. The van der Waals surface area contributed by atoms with Gasteiger partial charge >= 0.3 is 5.97 Å². The normalized spacial score (nSPS) is 12.8. The summed E-state index contributed by atoms with van der Waals surface area (Å²) in [4.78, 5) is 39.2. The Balaban J connectivity index is 0.0000123. The molecule has 2 amide bonds. The second-order valence-corrected chi connectivity index (χ2v) is 9.93. The number of hydrogen-bond acceptors (Lipinski definition) is 17. The van der Waals surface area contributed by atoms with Crippen molar-refractivity contribution in [3.8, 4) is 0 Å². The van der Waals surface area contributed by atoms with Gasteiger partial charge in [-0.1, -0.05) is 13.8 Å². The zero-order chi connectivity index (χ0) is 37.3. The van der Waals surface area contributed by atoms with E-state index in [1.807, 2.05) is 13.8 Å². The molecule has 1 aliphatic heterocycles. The zero-order valence-electron chi connectivity index (χ0n) is 30.9. The molecule has 1 fully saturated rings. The van der Waals surface area contributed by atoms with Gasteiger partial charge in [0, 0.05) is 19.4 Å². The number of carbonyl (C=O) groups is 3. The molecule has 1 aliphatic rings. The fraction of sp³-hybridized carbons (Fsp3) is 0.909. The Kier molecular flexibility index (Phi) is 39.3. The van der Waals surface area contributed by atoms with E-state index in [1.54, 1.807) is 0 Å². The molecule has 0 bridgehead atoms. The Bertz CT molecular complexity index is 767. The number of ether oxygens (including phenoxy) is 12. The van der Waals surface area contributed by atoms with Crippen LogP contribution in [-0.4, -0.2) is 188 Å². The summed E-state index contributed by atoms with van der Waals surface area (Å²) in [6.45, 7) is 15.4. The minimum Gasteiger partial charge on any atom is -0.378 e. The molecule has 1 heterocycles. The minimum absolute atomic E-state index is 0.0585. The number of carbonyl (C=O) groups excluding carboxylic acids is 3. The van der Waals surface area contributed by atoms with Gasteiger partial charge in [-0.2, -0.15) is 0 Å². The first-order valence-corrected chi connectivity index (χ1v) is 17.8. The van der Waals surface area contributed by atoms with Gasteiger partial charge in [-0.05, 0) is 0 Å². The average molecular weight is 745 g/mol. The van der Waals surface area contributed by atoms with E-state index in [9.17, 15) is 14.4 Å². The number of amides is 2. The molecule has 302 valence electrons. The number of nitrogens with zero attached hydrogens (tertiary/aromatic N) is 1. The number of hydrogen-bond donors (Lipinski definition) is 1. The van der Waals surface area contributed by atoms with Crippen molar-refractivity contribution >= 4 is 17.8 Å². The molecule has 0 aromatic heterocycles. The molecule has 0 radical (unpaired) electrons.